The maximum absolute atomic E-state index is 11.2. The van der Waals surface area contributed by atoms with Crippen molar-refractivity contribution in [2.24, 2.45) is 0 Å². The molecule has 5 nitrogen and oxygen atoms in total. The van der Waals surface area contributed by atoms with Crippen molar-refractivity contribution in [2.45, 2.75) is 39.8 Å². The van der Waals surface area contributed by atoms with E-state index >= 15 is 0 Å². The number of hydrogen-bond acceptors (Lipinski definition) is 4. The number of nitrogens with one attached hydrogen (secondary N) is 2. The monoisotopic (exact) mass is 363 g/mol. The van der Waals surface area contributed by atoms with Crippen LogP contribution in [0, 0.1) is 0 Å². The molecule has 0 saturated carbocycles. The molecule has 1 amide bonds. The van der Waals surface area contributed by atoms with E-state index in [0.29, 0.717) is 11.9 Å². The predicted octanol–water partition coefficient (Wildman–Crippen LogP) is 5.04. The van der Waals surface area contributed by atoms with Crippen molar-refractivity contribution in [3.05, 3.63) is 60.2 Å². The molecule has 0 spiro atoms. The largest absolute Gasteiger partial charge is 0.439 e. The Hall–Kier alpha value is -3.08. The van der Waals surface area contributed by atoms with Crippen molar-refractivity contribution >= 4 is 22.5 Å². The quantitative estimate of drug-likeness (QED) is 0.644. The summed E-state index contributed by atoms with van der Waals surface area (Å²) in [5.41, 5.74) is 2.95. The second-order valence-corrected chi connectivity index (χ2v) is 6.95. The highest BCUT2D eigenvalue weighted by Gasteiger charge is 2.08. The highest BCUT2D eigenvalue weighted by molar-refractivity contribution is 5.80. The Kier molecular flexibility index (Phi) is 5.60. The van der Waals surface area contributed by atoms with Gasteiger partial charge in [-0.25, -0.2) is 4.98 Å². The van der Waals surface area contributed by atoms with Gasteiger partial charge < -0.3 is 15.4 Å². The zero-order valence-corrected chi connectivity index (χ0v) is 16.1. The molecule has 2 N–H and O–H groups in total. The van der Waals surface area contributed by atoms with E-state index in [1.807, 2.05) is 61.5 Å². The summed E-state index contributed by atoms with van der Waals surface area (Å²) in [6, 6.07) is 18.0. The van der Waals surface area contributed by atoms with Crippen molar-refractivity contribution < 1.29 is 9.53 Å². The summed E-state index contributed by atoms with van der Waals surface area (Å²) in [5, 5.41) is 7.25. The van der Waals surface area contributed by atoms with Crippen LogP contribution < -0.4 is 15.4 Å². The number of ether oxygens (including phenoxy) is 1. The Labute approximate surface area is 159 Å². The highest BCUT2D eigenvalue weighted by Crippen LogP contribution is 2.25. The van der Waals surface area contributed by atoms with Crippen LogP contribution in [0.4, 0.5) is 5.69 Å². The molecule has 0 fully saturated rings. The van der Waals surface area contributed by atoms with Gasteiger partial charge in [-0.2, -0.15) is 0 Å². The first-order chi connectivity index (χ1) is 12.9. The third-order valence-electron chi connectivity index (χ3n) is 4.14. The van der Waals surface area contributed by atoms with Crippen LogP contribution in [0.1, 0.15) is 39.3 Å². The average molecular weight is 363 g/mol. The van der Waals surface area contributed by atoms with Crippen LogP contribution in [0.5, 0.6) is 11.6 Å². The number of fused-ring (bicyclic) bond motifs is 1. The van der Waals surface area contributed by atoms with Gasteiger partial charge >= 0.3 is 0 Å². The normalized spacial score (nSPS) is 12.0. The summed E-state index contributed by atoms with van der Waals surface area (Å²) in [4.78, 5) is 15.8. The van der Waals surface area contributed by atoms with Gasteiger partial charge in [-0.1, -0.05) is 6.07 Å². The molecular weight excluding hydrogens is 338 g/mol. The maximum Gasteiger partial charge on any atom is 0.219 e. The summed E-state index contributed by atoms with van der Waals surface area (Å²) in [7, 11) is 0. The zero-order chi connectivity index (χ0) is 19.4. The van der Waals surface area contributed by atoms with Gasteiger partial charge in [-0.15, -0.1) is 0 Å². The Morgan fingerprint density at radius 2 is 1.74 bits per heavy atom. The fourth-order valence-corrected chi connectivity index (χ4v) is 2.91. The summed E-state index contributed by atoms with van der Waals surface area (Å²) < 4.78 is 5.88. The topological polar surface area (TPSA) is 63.2 Å². The van der Waals surface area contributed by atoms with Crippen molar-refractivity contribution in [1.29, 1.82) is 0 Å². The fraction of sp³-hybridized carbons (Fsp3) is 0.273. The summed E-state index contributed by atoms with van der Waals surface area (Å²) in [6.45, 7) is 7.69. The van der Waals surface area contributed by atoms with Gasteiger partial charge in [0.25, 0.3) is 0 Å². The van der Waals surface area contributed by atoms with Crippen LogP contribution in [0.3, 0.4) is 0 Å². The minimum Gasteiger partial charge on any atom is -0.439 e. The molecule has 0 aliphatic rings. The number of hydrogen-bond donors (Lipinski definition) is 2. The van der Waals surface area contributed by atoms with Crippen LogP contribution >= 0.6 is 0 Å². The molecule has 0 aliphatic heterocycles. The van der Waals surface area contributed by atoms with Crippen LogP contribution in [0.25, 0.3) is 10.9 Å². The molecule has 27 heavy (non-hydrogen) atoms. The van der Waals surface area contributed by atoms with Gasteiger partial charge in [0.1, 0.15) is 5.75 Å². The standard InChI is InChI=1S/C22H25N3O2/c1-14(2)23-19-7-9-20(10-8-19)27-22-12-6-18-13-17(5-11-21(18)25-22)15(3)24-16(4)26/h5-15,23H,1-4H3,(H,24,26). The van der Waals surface area contributed by atoms with Gasteiger partial charge in [-0.3, -0.25) is 4.79 Å². The highest BCUT2D eigenvalue weighted by atomic mass is 16.5. The first-order valence-corrected chi connectivity index (χ1v) is 9.13. The minimum atomic E-state index is -0.0425. The predicted molar refractivity (Wildman–Crippen MR) is 109 cm³/mol. The number of carbonyl (C=O) groups excluding carboxylic acids is 1. The molecular formula is C22H25N3O2. The smallest absolute Gasteiger partial charge is 0.219 e. The Morgan fingerprint density at radius 3 is 2.41 bits per heavy atom. The Balaban J connectivity index is 1.75. The third kappa shape index (κ3) is 4.97. The number of carbonyl (C=O) groups is 1. The summed E-state index contributed by atoms with van der Waals surface area (Å²) in [6.07, 6.45) is 0. The number of rotatable bonds is 6. The summed E-state index contributed by atoms with van der Waals surface area (Å²) >= 11 is 0. The van der Waals surface area contributed by atoms with Gasteiger partial charge in [0.2, 0.25) is 11.8 Å². The van der Waals surface area contributed by atoms with E-state index in [1.54, 1.807) is 0 Å². The Bertz CT molecular complexity index is 936. The van der Waals surface area contributed by atoms with E-state index in [2.05, 4.69) is 29.5 Å². The molecule has 0 aliphatic carbocycles. The number of nitrogens with zero attached hydrogens (tertiary/aromatic N) is 1. The van der Waals surface area contributed by atoms with Gasteiger partial charge in [-0.05, 0) is 68.8 Å². The number of pyridine rings is 1. The lowest BCUT2D eigenvalue weighted by molar-refractivity contribution is -0.119. The van der Waals surface area contributed by atoms with Crippen molar-refractivity contribution in [2.75, 3.05) is 5.32 Å². The minimum absolute atomic E-state index is 0.0409. The molecule has 1 aromatic heterocycles. The molecule has 3 rings (SSSR count). The second kappa shape index (κ2) is 8.08. The van der Waals surface area contributed by atoms with Crippen LogP contribution in [-0.2, 0) is 4.79 Å². The molecule has 0 bridgehead atoms. The van der Waals surface area contributed by atoms with Crippen molar-refractivity contribution in [3.8, 4) is 11.6 Å². The van der Waals surface area contributed by atoms with Crippen molar-refractivity contribution in [3.63, 3.8) is 0 Å². The van der Waals surface area contributed by atoms with E-state index in [0.717, 1.165) is 27.9 Å². The second-order valence-electron chi connectivity index (χ2n) is 6.95. The molecule has 3 aromatic rings. The molecule has 0 radical (unpaired) electrons. The van der Waals surface area contributed by atoms with E-state index in [4.69, 9.17) is 4.74 Å². The SMILES string of the molecule is CC(=O)NC(C)c1ccc2nc(Oc3ccc(NC(C)C)cc3)ccc2c1. The third-order valence-corrected chi connectivity index (χ3v) is 4.14. The van der Waals surface area contributed by atoms with Gasteiger partial charge in [0.05, 0.1) is 11.6 Å². The molecule has 140 valence electrons. The molecule has 1 heterocycles. The van der Waals surface area contributed by atoms with Crippen LogP contribution in [-0.4, -0.2) is 16.9 Å². The van der Waals surface area contributed by atoms with Crippen LogP contribution in [0.15, 0.2) is 54.6 Å². The van der Waals surface area contributed by atoms with Gasteiger partial charge in [0.15, 0.2) is 0 Å². The molecule has 1 atom stereocenters. The molecule has 1 unspecified atom stereocenters. The van der Waals surface area contributed by atoms with Crippen molar-refractivity contribution in [1.82, 2.24) is 10.3 Å². The number of aromatic nitrogens is 1. The van der Waals surface area contributed by atoms with E-state index < -0.39 is 0 Å². The molecule has 2 aromatic carbocycles. The summed E-state index contributed by atoms with van der Waals surface area (Å²) in [5.74, 6) is 1.25. The number of benzene rings is 2. The van der Waals surface area contributed by atoms with E-state index in [-0.39, 0.29) is 11.9 Å². The number of anilines is 1. The first-order valence-electron chi connectivity index (χ1n) is 9.13. The lowest BCUT2D eigenvalue weighted by atomic mass is 10.1. The van der Waals surface area contributed by atoms with E-state index in [1.165, 1.54) is 6.92 Å². The average Bonchev–Trinajstić information content (AvgIpc) is 2.62. The fourth-order valence-electron chi connectivity index (χ4n) is 2.91. The maximum atomic E-state index is 11.2. The van der Waals surface area contributed by atoms with E-state index in [9.17, 15) is 4.79 Å². The van der Waals surface area contributed by atoms with Crippen LogP contribution in [0.2, 0.25) is 0 Å². The first kappa shape index (κ1) is 18.7. The lowest BCUT2D eigenvalue weighted by Crippen LogP contribution is -2.23. The molecule has 0 saturated heterocycles. The molecule has 5 heteroatoms. The lowest BCUT2D eigenvalue weighted by Gasteiger charge is -2.14. The Morgan fingerprint density at radius 1 is 1.00 bits per heavy atom. The van der Waals surface area contributed by atoms with Gasteiger partial charge in [0, 0.05) is 30.1 Å². The zero-order valence-electron chi connectivity index (χ0n) is 16.1. The number of amides is 1.